The minimum atomic E-state index is -0.455. The van der Waals surface area contributed by atoms with Crippen LogP contribution in [0.25, 0.3) is 0 Å². The number of carbonyl (C=O) groups excluding carboxylic acids is 2. The number of piperazine rings is 1. The van der Waals surface area contributed by atoms with Crippen LogP contribution in [-0.2, 0) is 4.79 Å². The summed E-state index contributed by atoms with van der Waals surface area (Å²) >= 11 is 3.32. The smallest absolute Gasteiger partial charge is 0.295 e. The Kier molecular flexibility index (Phi) is 4.71. The zero-order valence-electron chi connectivity index (χ0n) is 12.5. The first-order chi connectivity index (χ1) is 11.1. The molecule has 0 bridgehead atoms. The second kappa shape index (κ2) is 6.91. The number of halogens is 1. The van der Waals surface area contributed by atoms with E-state index in [4.69, 9.17) is 0 Å². The first kappa shape index (κ1) is 15.7. The van der Waals surface area contributed by atoms with Crippen LogP contribution in [0.5, 0.6) is 0 Å². The Labute approximate surface area is 143 Å². The lowest BCUT2D eigenvalue weighted by molar-refractivity contribution is -0.126. The molecule has 23 heavy (non-hydrogen) atoms. The first-order valence-electron chi connectivity index (χ1n) is 7.39. The summed E-state index contributed by atoms with van der Waals surface area (Å²) in [5.41, 5.74) is 1.51. The number of Topliss-reactive ketones (excluding diaryl/α,β-unsaturated/α-hetero) is 1. The summed E-state index contributed by atoms with van der Waals surface area (Å²) in [6.45, 7) is 2.50. The Morgan fingerprint density at radius 2 is 1.70 bits per heavy atom. The van der Waals surface area contributed by atoms with E-state index in [2.05, 4.69) is 25.8 Å². The molecule has 5 nitrogen and oxygen atoms in total. The summed E-state index contributed by atoms with van der Waals surface area (Å²) in [4.78, 5) is 32.5. The number of aromatic nitrogens is 1. The first-order valence-corrected chi connectivity index (χ1v) is 8.18. The number of hydrogen-bond acceptors (Lipinski definition) is 4. The molecule has 0 spiro atoms. The molecule has 6 heteroatoms. The van der Waals surface area contributed by atoms with Crippen LogP contribution < -0.4 is 4.90 Å². The number of carbonyl (C=O) groups is 2. The number of anilines is 1. The predicted octanol–water partition coefficient (Wildman–Crippen LogP) is 2.38. The van der Waals surface area contributed by atoms with Crippen molar-refractivity contribution >= 4 is 33.3 Å². The topological polar surface area (TPSA) is 53.5 Å². The van der Waals surface area contributed by atoms with Crippen LogP contribution in [0.1, 0.15) is 10.4 Å². The van der Waals surface area contributed by atoms with Crippen molar-refractivity contribution < 1.29 is 9.59 Å². The van der Waals surface area contributed by atoms with E-state index in [0.717, 1.165) is 10.2 Å². The fourth-order valence-electron chi connectivity index (χ4n) is 2.62. The van der Waals surface area contributed by atoms with Crippen LogP contribution in [0.3, 0.4) is 0 Å². The third-order valence-corrected chi connectivity index (χ3v) is 4.37. The lowest BCUT2D eigenvalue weighted by atomic mass is 10.1. The van der Waals surface area contributed by atoms with E-state index in [1.165, 1.54) is 0 Å². The van der Waals surface area contributed by atoms with Crippen LogP contribution >= 0.6 is 15.9 Å². The molecule has 0 radical (unpaired) electrons. The van der Waals surface area contributed by atoms with Gasteiger partial charge in [0.15, 0.2) is 0 Å². The molecule has 118 valence electrons. The normalized spacial score (nSPS) is 14.7. The molecule has 1 aromatic heterocycles. The maximum atomic E-state index is 12.4. The summed E-state index contributed by atoms with van der Waals surface area (Å²) in [5, 5.41) is 0. The average molecular weight is 374 g/mol. The number of pyridine rings is 1. The van der Waals surface area contributed by atoms with E-state index in [9.17, 15) is 9.59 Å². The third kappa shape index (κ3) is 3.59. The van der Waals surface area contributed by atoms with Gasteiger partial charge in [0.2, 0.25) is 5.78 Å². The van der Waals surface area contributed by atoms with Gasteiger partial charge in [-0.3, -0.25) is 14.6 Å². The van der Waals surface area contributed by atoms with Crippen molar-refractivity contribution in [3.05, 3.63) is 58.8 Å². The Morgan fingerprint density at radius 3 is 2.35 bits per heavy atom. The van der Waals surface area contributed by atoms with Gasteiger partial charge in [0.05, 0.1) is 0 Å². The molecule has 2 aromatic rings. The van der Waals surface area contributed by atoms with Crippen molar-refractivity contribution in [1.82, 2.24) is 9.88 Å². The van der Waals surface area contributed by atoms with E-state index in [0.29, 0.717) is 31.7 Å². The number of rotatable bonds is 3. The summed E-state index contributed by atoms with van der Waals surface area (Å²) in [6, 6.07) is 10.8. The summed E-state index contributed by atoms with van der Waals surface area (Å²) in [6.07, 6.45) is 3.51. The van der Waals surface area contributed by atoms with Crippen molar-refractivity contribution in [3.8, 4) is 0 Å². The van der Waals surface area contributed by atoms with Gasteiger partial charge in [0, 0.05) is 54.3 Å². The monoisotopic (exact) mass is 373 g/mol. The van der Waals surface area contributed by atoms with Gasteiger partial charge in [-0.15, -0.1) is 0 Å². The van der Waals surface area contributed by atoms with Crippen LogP contribution in [0.4, 0.5) is 5.69 Å². The van der Waals surface area contributed by atoms with Crippen molar-refractivity contribution in [3.63, 3.8) is 0 Å². The Balaban J connectivity index is 1.63. The second-order valence-electron chi connectivity index (χ2n) is 5.32. The summed E-state index contributed by atoms with van der Waals surface area (Å²) in [5.74, 6) is -0.888. The fraction of sp³-hybridized carbons (Fsp3) is 0.235. The maximum absolute atomic E-state index is 12.4. The Bertz CT molecular complexity index is 713. The molecule has 0 unspecified atom stereocenters. The number of amides is 1. The molecule has 1 aliphatic rings. The molecule has 3 rings (SSSR count). The number of hydrogen-bond donors (Lipinski definition) is 0. The highest BCUT2D eigenvalue weighted by molar-refractivity contribution is 9.10. The highest BCUT2D eigenvalue weighted by atomic mass is 79.9. The standard InChI is InChI=1S/C17H16BrN3O2/c18-14-3-1-2-13(12-14)16(22)17(23)21-10-8-20(9-11-21)15-4-6-19-7-5-15/h1-7,12H,8-11H2. The predicted molar refractivity (Wildman–Crippen MR) is 91.5 cm³/mol. The van der Waals surface area contributed by atoms with Gasteiger partial charge >= 0.3 is 0 Å². The van der Waals surface area contributed by atoms with E-state index < -0.39 is 11.7 Å². The van der Waals surface area contributed by atoms with Crippen LogP contribution in [0.2, 0.25) is 0 Å². The molecule has 0 N–H and O–H groups in total. The SMILES string of the molecule is O=C(C(=O)N1CCN(c2ccncc2)CC1)c1cccc(Br)c1. The minimum absolute atomic E-state index is 0.418. The highest BCUT2D eigenvalue weighted by Crippen LogP contribution is 2.16. The van der Waals surface area contributed by atoms with Crippen LogP contribution in [0.15, 0.2) is 53.3 Å². The molecule has 1 amide bonds. The number of benzene rings is 1. The summed E-state index contributed by atoms with van der Waals surface area (Å²) < 4.78 is 0.790. The summed E-state index contributed by atoms with van der Waals surface area (Å²) in [7, 11) is 0. The second-order valence-corrected chi connectivity index (χ2v) is 6.24. The molecular formula is C17H16BrN3O2. The lowest BCUT2D eigenvalue weighted by Gasteiger charge is -2.35. The molecule has 2 heterocycles. The quantitative estimate of drug-likeness (QED) is 0.612. The van der Waals surface area contributed by atoms with Gasteiger partial charge in [-0.05, 0) is 24.3 Å². The van der Waals surface area contributed by atoms with Gasteiger partial charge < -0.3 is 9.80 Å². The number of nitrogens with zero attached hydrogens (tertiary/aromatic N) is 3. The molecular weight excluding hydrogens is 358 g/mol. The van der Waals surface area contributed by atoms with Gasteiger partial charge in [0.25, 0.3) is 5.91 Å². The van der Waals surface area contributed by atoms with Crippen LogP contribution in [-0.4, -0.2) is 47.8 Å². The van der Waals surface area contributed by atoms with Gasteiger partial charge in [-0.25, -0.2) is 0 Å². The minimum Gasteiger partial charge on any atom is -0.368 e. The van der Waals surface area contributed by atoms with Crippen molar-refractivity contribution in [1.29, 1.82) is 0 Å². The van der Waals surface area contributed by atoms with Gasteiger partial charge in [0.1, 0.15) is 0 Å². The molecule has 0 atom stereocenters. The number of ketones is 1. The molecule has 1 aliphatic heterocycles. The Morgan fingerprint density at radius 1 is 1.00 bits per heavy atom. The van der Waals surface area contributed by atoms with Gasteiger partial charge in [-0.2, -0.15) is 0 Å². The van der Waals surface area contributed by atoms with Crippen molar-refractivity contribution in [2.75, 3.05) is 31.1 Å². The molecule has 1 fully saturated rings. The molecule has 1 aromatic carbocycles. The zero-order chi connectivity index (χ0) is 16.2. The highest BCUT2D eigenvalue weighted by Gasteiger charge is 2.26. The molecule has 0 aliphatic carbocycles. The van der Waals surface area contributed by atoms with Crippen molar-refractivity contribution in [2.24, 2.45) is 0 Å². The largest absolute Gasteiger partial charge is 0.368 e. The zero-order valence-corrected chi connectivity index (χ0v) is 14.1. The van der Waals surface area contributed by atoms with Gasteiger partial charge in [-0.1, -0.05) is 28.1 Å². The average Bonchev–Trinajstić information content (AvgIpc) is 2.61. The van der Waals surface area contributed by atoms with Crippen LogP contribution in [0, 0.1) is 0 Å². The molecule has 1 saturated heterocycles. The maximum Gasteiger partial charge on any atom is 0.295 e. The van der Waals surface area contributed by atoms with E-state index in [-0.39, 0.29) is 0 Å². The lowest BCUT2D eigenvalue weighted by Crippen LogP contribution is -2.50. The Hall–Kier alpha value is -2.21. The third-order valence-electron chi connectivity index (χ3n) is 3.88. The van der Waals surface area contributed by atoms with E-state index in [1.807, 2.05) is 18.2 Å². The fourth-order valence-corrected chi connectivity index (χ4v) is 3.02. The van der Waals surface area contributed by atoms with E-state index in [1.54, 1.807) is 35.5 Å². The van der Waals surface area contributed by atoms with Crippen molar-refractivity contribution in [2.45, 2.75) is 0 Å². The van der Waals surface area contributed by atoms with E-state index >= 15 is 0 Å². The molecule has 0 saturated carbocycles.